The first kappa shape index (κ1) is 34.0. The number of nitrogens with one attached hydrogen (secondary N) is 2. The Morgan fingerprint density at radius 3 is 2.61 bits per heavy atom. The van der Waals surface area contributed by atoms with Crippen molar-refractivity contribution >= 4 is 45.1 Å². The minimum absolute atomic E-state index is 0.0172. The molecule has 9 rings (SSSR count). The molecule has 1 fully saturated rings. The Kier molecular flexibility index (Phi) is 8.13. The summed E-state index contributed by atoms with van der Waals surface area (Å²) in [6, 6.07) is 22.0. The molecule has 1 amide bonds. The van der Waals surface area contributed by atoms with Crippen LogP contribution < -0.4 is 14.8 Å². The van der Waals surface area contributed by atoms with Gasteiger partial charge in [0.1, 0.15) is 23.3 Å². The van der Waals surface area contributed by atoms with Crippen LogP contribution in [0.3, 0.4) is 0 Å². The molecule has 7 aromatic rings. The molecule has 0 radical (unpaired) electrons. The molecule has 272 valence electrons. The van der Waals surface area contributed by atoms with Crippen LogP contribution in [0.15, 0.2) is 84.9 Å². The summed E-state index contributed by atoms with van der Waals surface area (Å²) in [5.74, 6) is -2.90. The van der Waals surface area contributed by atoms with Crippen molar-refractivity contribution in [2.45, 2.75) is 45.1 Å². The standard InChI is InChI=1S/C41H31ClF3N5O4/c1-21-28-14-22(6-10-34(28)49-48-21)40(51)46-25-8-11-36-35(18-25)47-38(50(36)20-26-12-13-52-26)16-23-15-32(44)29(19-31(23)43)27-4-3-5-37-39(27)54-41(2,53-37)30-9-7-24(42)17-33(30)45/h3-11,14-15,17-19,26H,12-13,16,20H2,1-2H3,(H,46,51)(H,48,49). The number of nitrogens with zero attached hydrogens (tertiary/aromatic N) is 3. The summed E-state index contributed by atoms with van der Waals surface area (Å²) in [6.45, 7) is 4.57. The SMILES string of the molecule is Cc1[nH]nc2ccc(C(=O)Nc3ccc4c(c3)nc(Cc3cc(F)c(-c5cccc6c5OC(C)(c5ccc(Cl)cc5F)O6)cc3F)n4CC3CCO3)cc12. The molecule has 2 aliphatic heterocycles. The Morgan fingerprint density at radius 2 is 1.81 bits per heavy atom. The van der Waals surface area contributed by atoms with Crippen LogP contribution in [-0.4, -0.2) is 38.4 Å². The number of rotatable bonds is 8. The van der Waals surface area contributed by atoms with E-state index >= 15 is 8.78 Å². The molecular formula is C41H31ClF3N5O4. The number of aromatic nitrogens is 4. The van der Waals surface area contributed by atoms with Crippen LogP contribution in [0.25, 0.3) is 33.1 Å². The van der Waals surface area contributed by atoms with Crippen molar-refractivity contribution in [1.29, 1.82) is 0 Å². The molecule has 2 unspecified atom stereocenters. The fourth-order valence-corrected chi connectivity index (χ4v) is 7.28. The third-order valence-electron chi connectivity index (χ3n) is 10.0. The van der Waals surface area contributed by atoms with Gasteiger partial charge in [-0.05, 0) is 91.7 Å². The van der Waals surface area contributed by atoms with Crippen molar-refractivity contribution in [2.24, 2.45) is 0 Å². The predicted octanol–water partition coefficient (Wildman–Crippen LogP) is 9.23. The molecule has 2 atom stereocenters. The summed E-state index contributed by atoms with van der Waals surface area (Å²) >= 11 is 5.95. The van der Waals surface area contributed by atoms with E-state index in [9.17, 15) is 9.18 Å². The maximum Gasteiger partial charge on any atom is 0.278 e. The van der Waals surface area contributed by atoms with E-state index in [0.717, 1.165) is 46.7 Å². The number of aryl methyl sites for hydroxylation is 1. The number of fused-ring (bicyclic) bond motifs is 3. The minimum atomic E-state index is -1.57. The van der Waals surface area contributed by atoms with Crippen LogP contribution in [0.5, 0.6) is 11.5 Å². The van der Waals surface area contributed by atoms with E-state index in [1.165, 1.54) is 12.1 Å². The zero-order valence-corrected chi connectivity index (χ0v) is 29.7. The molecule has 5 aromatic carbocycles. The number of ether oxygens (including phenoxy) is 3. The second-order valence-corrected chi connectivity index (χ2v) is 14.1. The topological polar surface area (TPSA) is 103 Å². The van der Waals surface area contributed by atoms with Gasteiger partial charge in [-0.3, -0.25) is 9.89 Å². The zero-order chi connectivity index (χ0) is 37.3. The van der Waals surface area contributed by atoms with Gasteiger partial charge in [0.15, 0.2) is 11.5 Å². The number of anilines is 1. The minimum Gasteiger partial charge on any atom is -0.444 e. The van der Waals surface area contributed by atoms with E-state index < -0.39 is 23.2 Å². The van der Waals surface area contributed by atoms with Gasteiger partial charge in [-0.25, -0.2) is 18.2 Å². The molecular weight excluding hydrogens is 719 g/mol. The first-order valence-electron chi connectivity index (χ1n) is 17.3. The molecule has 0 saturated carbocycles. The quantitative estimate of drug-likeness (QED) is 0.161. The summed E-state index contributed by atoms with van der Waals surface area (Å²) in [4.78, 5) is 18.1. The number of carbonyl (C=O) groups excluding carboxylic acids is 1. The molecule has 0 spiro atoms. The molecule has 2 aliphatic rings. The Bertz CT molecular complexity index is 2660. The lowest BCUT2D eigenvalue weighted by molar-refractivity contribution is -0.0705. The number of carbonyl (C=O) groups is 1. The van der Waals surface area contributed by atoms with Gasteiger partial charge in [0.05, 0.1) is 34.8 Å². The highest BCUT2D eigenvalue weighted by Crippen LogP contribution is 2.50. The van der Waals surface area contributed by atoms with Gasteiger partial charge in [-0.2, -0.15) is 5.10 Å². The zero-order valence-electron chi connectivity index (χ0n) is 29.0. The highest BCUT2D eigenvalue weighted by atomic mass is 35.5. The van der Waals surface area contributed by atoms with Gasteiger partial charge < -0.3 is 24.1 Å². The fraction of sp³-hybridized carbons (Fsp3) is 0.195. The van der Waals surface area contributed by atoms with Gasteiger partial charge >= 0.3 is 0 Å². The molecule has 9 nitrogen and oxygen atoms in total. The molecule has 4 heterocycles. The van der Waals surface area contributed by atoms with Crippen LogP contribution in [0.2, 0.25) is 5.02 Å². The molecule has 1 saturated heterocycles. The maximum absolute atomic E-state index is 16.1. The van der Waals surface area contributed by atoms with E-state index in [2.05, 4.69) is 15.5 Å². The number of amides is 1. The summed E-state index contributed by atoms with van der Waals surface area (Å²) in [5.41, 5.74) is 4.39. The summed E-state index contributed by atoms with van der Waals surface area (Å²) in [7, 11) is 0. The van der Waals surface area contributed by atoms with Gasteiger partial charge in [0.25, 0.3) is 11.7 Å². The molecule has 0 bridgehead atoms. The number of imidazole rings is 1. The molecule has 13 heteroatoms. The Hall–Kier alpha value is -5.85. The lowest BCUT2D eigenvalue weighted by Gasteiger charge is -2.27. The number of para-hydroxylation sites is 1. The smallest absolute Gasteiger partial charge is 0.278 e. The van der Waals surface area contributed by atoms with Crippen molar-refractivity contribution in [2.75, 3.05) is 11.9 Å². The number of aromatic amines is 1. The fourth-order valence-electron chi connectivity index (χ4n) is 7.12. The Labute approximate surface area is 311 Å². The van der Waals surface area contributed by atoms with Gasteiger partial charge in [0, 0.05) is 58.4 Å². The third-order valence-corrected chi connectivity index (χ3v) is 10.3. The second-order valence-electron chi connectivity index (χ2n) is 13.7. The van der Waals surface area contributed by atoms with E-state index in [1.54, 1.807) is 55.5 Å². The highest BCUT2D eigenvalue weighted by Gasteiger charge is 2.42. The monoisotopic (exact) mass is 749 g/mol. The molecule has 2 N–H and O–H groups in total. The van der Waals surface area contributed by atoms with E-state index in [-0.39, 0.29) is 57.2 Å². The lowest BCUT2D eigenvalue weighted by Crippen LogP contribution is -2.32. The molecule has 0 aliphatic carbocycles. The summed E-state index contributed by atoms with van der Waals surface area (Å²) in [5, 5.41) is 11.2. The number of benzene rings is 5. The number of halogens is 4. The van der Waals surface area contributed by atoms with Crippen molar-refractivity contribution in [3.05, 3.63) is 136 Å². The molecule has 2 aromatic heterocycles. The van der Waals surface area contributed by atoms with Gasteiger partial charge in [-0.15, -0.1) is 0 Å². The van der Waals surface area contributed by atoms with Crippen LogP contribution >= 0.6 is 11.6 Å². The van der Waals surface area contributed by atoms with Gasteiger partial charge in [-0.1, -0.05) is 23.7 Å². The largest absolute Gasteiger partial charge is 0.444 e. The van der Waals surface area contributed by atoms with E-state index in [0.29, 0.717) is 35.7 Å². The highest BCUT2D eigenvalue weighted by molar-refractivity contribution is 6.30. The van der Waals surface area contributed by atoms with Crippen molar-refractivity contribution in [3.8, 4) is 22.6 Å². The normalized spacial score (nSPS) is 17.6. The number of H-pyrrole nitrogens is 1. The van der Waals surface area contributed by atoms with Crippen LogP contribution in [-0.2, 0) is 23.5 Å². The summed E-state index contributed by atoms with van der Waals surface area (Å²) < 4.78 is 66.9. The lowest BCUT2D eigenvalue weighted by atomic mass is 10.00. The van der Waals surface area contributed by atoms with Crippen LogP contribution in [0.1, 0.15) is 46.3 Å². The predicted molar refractivity (Wildman–Crippen MR) is 197 cm³/mol. The third kappa shape index (κ3) is 5.91. The van der Waals surface area contributed by atoms with Crippen molar-refractivity contribution < 1.29 is 32.2 Å². The summed E-state index contributed by atoms with van der Waals surface area (Å²) in [6.07, 6.45) is 0.805. The van der Waals surface area contributed by atoms with Crippen molar-refractivity contribution in [1.82, 2.24) is 19.7 Å². The first-order chi connectivity index (χ1) is 26.0. The average Bonchev–Trinajstić information content (AvgIpc) is 3.79. The average molecular weight is 750 g/mol. The van der Waals surface area contributed by atoms with E-state index in [4.69, 9.17) is 30.8 Å². The Morgan fingerprint density at radius 1 is 0.963 bits per heavy atom. The van der Waals surface area contributed by atoms with Gasteiger partial charge in [0.2, 0.25) is 0 Å². The number of hydrogen-bond donors (Lipinski definition) is 2. The van der Waals surface area contributed by atoms with E-state index in [1.807, 2.05) is 17.6 Å². The van der Waals surface area contributed by atoms with Crippen molar-refractivity contribution in [3.63, 3.8) is 0 Å². The molecule has 54 heavy (non-hydrogen) atoms. The van der Waals surface area contributed by atoms with Crippen LogP contribution in [0.4, 0.5) is 18.9 Å². The van der Waals surface area contributed by atoms with Crippen LogP contribution in [0, 0.1) is 24.4 Å². The number of hydrogen-bond acceptors (Lipinski definition) is 6. The first-order valence-corrected chi connectivity index (χ1v) is 17.7. The Balaban J connectivity index is 1.01. The second kappa shape index (κ2) is 12.9. The maximum atomic E-state index is 16.1.